The summed E-state index contributed by atoms with van der Waals surface area (Å²) in [5.41, 5.74) is 9.55. The second-order valence-electron chi connectivity index (χ2n) is 9.97. The van der Waals surface area contributed by atoms with Gasteiger partial charge in [-0.1, -0.05) is 38.3 Å². The SMILES string of the molecule is CCCCC(c1cccc2c1CC(Cc1nccc(C(=N)N)n1)C(=O)N2)N1C(C)CCCC1C. The maximum atomic E-state index is 13.0. The number of anilines is 1. The zero-order chi connectivity index (χ0) is 24.2. The summed E-state index contributed by atoms with van der Waals surface area (Å²) in [6, 6.07) is 9.48. The number of piperidine rings is 1. The molecule has 4 rings (SSSR count). The fourth-order valence-electron chi connectivity index (χ4n) is 5.79. The number of nitrogens with two attached hydrogens (primary N) is 1. The molecule has 0 spiro atoms. The Morgan fingerprint density at radius 1 is 1.26 bits per heavy atom. The van der Waals surface area contributed by atoms with Crippen molar-refractivity contribution in [1.29, 1.82) is 5.41 Å². The van der Waals surface area contributed by atoms with Crippen molar-refractivity contribution in [2.24, 2.45) is 11.7 Å². The predicted octanol–water partition coefficient (Wildman–Crippen LogP) is 4.61. The lowest BCUT2D eigenvalue weighted by Crippen LogP contribution is -2.46. The molecule has 0 saturated carbocycles. The van der Waals surface area contributed by atoms with Crippen LogP contribution >= 0.6 is 0 Å². The Morgan fingerprint density at radius 2 is 2.03 bits per heavy atom. The van der Waals surface area contributed by atoms with E-state index in [2.05, 4.69) is 53.1 Å². The van der Waals surface area contributed by atoms with E-state index in [-0.39, 0.29) is 17.7 Å². The zero-order valence-electron chi connectivity index (χ0n) is 20.7. The molecule has 0 aliphatic carbocycles. The Morgan fingerprint density at radius 3 is 2.74 bits per heavy atom. The third kappa shape index (κ3) is 5.14. The normalized spacial score (nSPS) is 23.7. The summed E-state index contributed by atoms with van der Waals surface area (Å²) in [6.07, 6.45) is 9.97. The topological polar surface area (TPSA) is 108 Å². The molecule has 3 heterocycles. The first-order chi connectivity index (χ1) is 16.4. The first-order valence-corrected chi connectivity index (χ1v) is 12.7. The summed E-state index contributed by atoms with van der Waals surface area (Å²) in [7, 11) is 0. The average molecular weight is 463 g/mol. The standard InChI is InChI=1S/C27H38N6O/c1-4-5-12-24(33-17(2)8-6-9-18(33)3)20-10-7-11-22-21(20)15-19(27(34)32-22)16-25-30-14-13-23(31-25)26(28)29/h7,10-11,13-14,17-19,24H,4-6,8-9,12,15-16H2,1-3H3,(H3,28,29)(H,32,34). The van der Waals surface area contributed by atoms with Gasteiger partial charge in [0, 0.05) is 42.3 Å². The number of hydrogen-bond donors (Lipinski definition) is 3. The molecule has 1 amide bonds. The average Bonchev–Trinajstić information content (AvgIpc) is 2.81. The molecule has 1 saturated heterocycles. The largest absolute Gasteiger partial charge is 0.382 e. The lowest BCUT2D eigenvalue weighted by atomic mass is 9.82. The van der Waals surface area contributed by atoms with Crippen molar-refractivity contribution in [2.45, 2.75) is 90.3 Å². The molecule has 0 radical (unpaired) electrons. The van der Waals surface area contributed by atoms with Crippen molar-refractivity contribution in [3.05, 3.63) is 53.1 Å². The summed E-state index contributed by atoms with van der Waals surface area (Å²) in [4.78, 5) is 24.5. The number of benzene rings is 1. The maximum Gasteiger partial charge on any atom is 0.228 e. The minimum absolute atomic E-state index is 0.00583. The molecular formula is C27H38N6O. The molecule has 2 aromatic rings. The van der Waals surface area contributed by atoms with Crippen molar-refractivity contribution in [2.75, 3.05) is 5.32 Å². The summed E-state index contributed by atoms with van der Waals surface area (Å²) in [5, 5.41) is 10.8. The second-order valence-corrected chi connectivity index (χ2v) is 9.97. The molecule has 4 atom stereocenters. The number of carbonyl (C=O) groups excluding carboxylic acids is 1. The number of nitrogens with zero attached hydrogens (tertiary/aromatic N) is 3. The molecule has 1 aromatic heterocycles. The van der Waals surface area contributed by atoms with Crippen LogP contribution in [0.1, 0.15) is 88.0 Å². The van der Waals surface area contributed by atoms with E-state index in [9.17, 15) is 4.79 Å². The van der Waals surface area contributed by atoms with Crippen LogP contribution in [-0.4, -0.2) is 38.7 Å². The van der Waals surface area contributed by atoms with E-state index < -0.39 is 0 Å². The van der Waals surface area contributed by atoms with Crippen molar-refractivity contribution in [3.8, 4) is 0 Å². The number of rotatable bonds is 8. The lowest BCUT2D eigenvalue weighted by molar-refractivity contribution is -0.120. The Bertz CT molecular complexity index is 1030. The highest BCUT2D eigenvalue weighted by atomic mass is 16.1. The van der Waals surface area contributed by atoms with Gasteiger partial charge in [0.2, 0.25) is 5.91 Å². The molecule has 0 bridgehead atoms. The van der Waals surface area contributed by atoms with Gasteiger partial charge in [0.15, 0.2) is 0 Å². The molecule has 34 heavy (non-hydrogen) atoms. The zero-order valence-corrected chi connectivity index (χ0v) is 20.7. The molecule has 7 nitrogen and oxygen atoms in total. The van der Waals surface area contributed by atoms with Gasteiger partial charge in [-0.15, -0.1) is 0 Å². The van der Waals surface area contributed by atoms with Crippen molar-refractivity contribution in [1.82, 2.24) is 14.9 Å². The number of carbonyl (C=O) groups is 1. The van der Waals surface area contributed by atoms with Gasteiger partial charge in [-0.05, 0) is 62.8 Å². The number of nitrogens with one attached hydrogen (secondary N) is 2. The van der Waals surface area contributed by atoms with E-state index in [1.165, 1.54) is 43.2 Å². The predicted molar refractivity (Wildman–Crippen MR) is 136 cm³/mol. The first-order valence-electron chi connectivity index (χ1n) is 12.7. The highest BCUT2D eigenvalue weighted by Gasteiger charge is 2.35. The Balaban J connectivity index is 1.65. The highest BCUT2D eigenvalue weighted by Crippen LogP contribution is 2.40. The highest BCUT2D eigenvalue weighted by molar-refractivity contribution is 5.96. The number of amides is 1. The van der Waals surface area contributed by atoms with Gasteiger partial charge in [-0.3, -0.25) is 15.1 Å². The summed E-state index contributed by atoms with van der Waals surface area (Å²) in [5.74, 6) is 0.215. The van der Waals surface area contributed by atoms with E-state index >= 15 is 0 Å². The minimum Gasteiger partial charge on any atom is -0.382 e. The molecule has 4 N–H and O–H groups in total. The summed E-state index contributed by atoms with van der Waals surface area (Å²) < 4.78 is 0. The molecule has 2 aliphatic rings. The van der Waals surface area contributed by atoms with E-state index in [0.29, 0.717) is 42.5 Å². The van der Waals surface area contributed by atoms with E-state index in [0.717, 1.165) is 12.1 Å². The van der Waals surface area contributed by atoms with E-state index in [1.807, 2.05) is 6.07 Å². The third-order valence-corrected chi connectivity index (χ3v) is 7.51. The van der Waals surface area contributed by atoms with Crippen LogP contribution in [0.5, 0.6) is 0 Å². The number of likely N-dealkylation sites (tertiary alicyclic amines) is 1. The van der Waals surface area contributed by atoms with Gasteiger partial charge >= 0.3 is 0 Å². The Hall–Kier alpha value is -2.80. The van der Waals surface area contributed by atoms with Crippen LogP contribution < -0.4 is 11.1 Å². The van der Waals surface area contributed by atoms with Crippen LogP contribution in [0.25, 0.3) is 0 Å². The molecule has 2 aliphatic heterocycles. The second kappa shape index (κ2) is 10.6. The fraction of sp³-hybridized carbons (Fsp3) is 0.556. The third-order valence-electron chi connectivity index (χ3n) is 7.51. The van der Waals surface area contributed by atoms with Gasteiger partial charge in [-0.25, -0.2) is 9.97 Å². The Labute approximate surface area is 203 Å². The number of hydrogen-bond acceptors (Lipinski definition) is 5. The van der Waals surface area contributed by atoms with Gasteiger partial charge in [0.1, 0.15) is 17.4 Å². The Kier molecular flexibility index (Phi) is 7.61. The minimum atomic E-state index is -0.251. The smallest absolute Gasteiger partial charge is 0.228 e. The van der Waals surface area contributed by atoms with Crippen LogP contribution in [0.2, 0.25) is 0 Å². The van der Waals surface area contributed by atoms with Gasteiger partial charge in [0.25, 0.3) is 0 Å². The van der Waals surface area contributed by atoms with Crippen molar-refractivity contribution >= 4 is 17.4 Å². The van der Waals surface area contributed by atoms with Gasteiger partial charge < -0.3 is 11.1 Å². The number of nitrogen functional groups attached to an aromatic ring is 1. The number of amidine groups is 1. The number of fused-ring (bicyclic) bond motifs is 1. The van der Waals surface area contributed by atoms with Crippen LogP contribution in [0.15, 0.2) is 30.5 Å². The van der Waals surface area contributed by atoms with Crippen LogP contribution in [-0.2, 0) is 17.6 Å². The van der Waals surface area contributed by atoms with Crippen LogP contribution in [0.4, 0.5) is 5.69 Å². The quantitative estimate of drug-likeness (QED) is 0.392. The van der Waals surface area contributed by atoms with Crippen LogP contribution in [0.3, 0.4) is 0 Å². The lowest BCUT2D eigenvalue weighted by Gasteiger charge is -2.45. The first kappa shape index (κ1) is 24.3. The molecule has 1 aromatic carbocycles. The van der Waals surface area contributed by atoms with Gasteiger partial charge in [-0.2, -0.15) is 0 Å². The molecule has 7 heteroatoms. The van der Waals surface area contributed by atoms with E-state index in [1.54, 1.807) is 12.3 Å². The monoisotopic (exact) mass is 462 g/mol. The maximum absolute atomic E-state index is 13.0. The molecular weight excluding hydrogens is 424 g/mol. The van der Waals surface area contributed by atoms with Crippen molar-refractivity contribution < 1.29 is 4.79 Å². The molecule has 1 fully saturated rings. The number of aromatic nitrogens is 2. The van der Waals surface area contributed by atoms with Crippen molar-refractivity contribution in [3.63, 3.8) is 0 Å². The molecule has 182 valence electrons. The van der Waals surface area contributed by atoms with E-state index in [4.69, 9.17) is 11.1 Å². The summed E-state index contributed by atoms with van der Waals surface area (Å²) in [6.45, 7) is 6.99. The van der Waals surface area contributed by atoms with Gasteiger partial charge in [0.05, 0.1) is 0 Å². The molecule has 4 unspecified atom stereocenters. The fourth-order valence-corrected chi connectivity index (χ4v) is 5.79. The summed E-state index contributed by atoms with van der Waals surface area (Å²) >= 11 is 0. The van der Waals surface area contributed by atoms with Crippen LogP contribution in [0, 0.1) is 11.3 Å². The number of unbranched alkanes of at least 4 members (excludes halogenated alkanes) is 1.